The van der Waals surface area contributed by atoms with Gasteiger partial charge in [-0.2, -0.15) is 8.75 Å². The summed E-state index contributed by atoms with van der Waals surface area (Å²) >= 11 is 1.08. The molecule has 1 amide bonds. The van der Waals surface area contributed by atoms with E-state index in [1.807, 2.05) is 0 Å². The molecule has 6 nitrogen and oxygen atoms in total. The van der Waals surface area contributed by atoms with Gasteiger partial charge >= 0.3 is 0 Å². The number of hydrogen-bond acceptors (Lipinski definition) is 6. The van der Waals surface area contributed by atoms with Gasteiger partial charge in [0.2, 0.25) is 0 Å². The molecule has 0 aromatic carbocycles. The fourth-order valence-electron chi connectivity index (χ4n) is 1.53. The Kier molecular flexibility index (Phi) is 3.12. The van der Waals surface area contributed by atoms with Crippen molar-refractivity contribution in [3.05, 3.63) is 5.69 Å². The van der Waals surface area contributed by atoms with Crippen molar-refractivity contribution in [3.63, 3.8) is 0 Å². The van der Waals surface area contributed by atoms with Crippen LogP contribution in [0.25, 0.3) is 0 Å². The Hall–Kier alpha value is -1.21. The number of aromatic nitrogens is 2. The molecule has 0 unspecified atom stereocenters. The van der Waals surface area contributed by atoms with E-state index in [2.05, 4.69) is 24.3 Å². The van der Waals surface area contributed by atoms with Crippen LogP contribution in [0, 0.1) is 0 Å². The highest BCUT2D eigenvalue weighted by Gasteiger charge is 2.21. The number of piperazine rings is 1. The Morgan fingerprint density at radius 2 is 2.20 bits per heavy atom. The molecule has 0 bridgehead atoms. The molecule has 2 rings (SSSR count). The standard InChI is InChI=1S/C8H13N5OS/c1-9-8(14)6-7(12-15-11-6)13-4-2-10-3-5-13/h10H,2-5H2,1H3,(H,9,14). The number of carbonyl (C=O) groups excluding carboxylic acids is 1. The summed E-state index contributed by atoms with van der Waals surface area (Å²) in [4.78, 5) is 13.6. The first-order chi connectivity index (χ1) is 7.33. The Morgan fingerprint density at radius 3 is 2.87 bits per heavy atom. The molecule has 1 aliphatic rings. The zero-order valence-corrected chi connectivity index (χ0v) is 9.30. The van der Waals surface area contributed by atoms with Crippen molar-refractivity contribution < 1.29 is 4.79 Å². The number of nitrogens with zero attached hydrogens (tertiary/aromatic N) is 3. The predicted octanol–water partition coefficient (Wildman–Crippen LogP) is -0.693. The first-order valence-electron chi connectivity index (χ1n) is 4.83. The third-order valence-electron chi connectivity index (χ3n) is 2.33. The minimum atomic E-state index is -0.169. The average molecular weight is 227 g/mol. The van der Waals surface area contributed by atoms with Gasteiger partial charge in [-0.3, -0.25) is 4.79 Å². The molecule has 1 aromatic rings. The molecule has 0 radical (unpaired) electrons. The summed E-state index contributed by atoms with van der Waals surface area (Å²) in [5.74, 6) is 0.540. The summed E-state index contributed by atoms with van der Waals surface area (Å²) in [6.07, 6.45) is 0. The zero-order valence-electron chi connectivity index (χ0n) is 8.49. The van der Waals surface area contributed by atoms with Gasteiger partial charge in [-0.05, 0) is 0 Å². The molecule has 7 heteroatoms. The van der Waals surface area contributed by atoms with E-state index in [0.717, 1.165) is 37.9 Å². The van der Waals surface area contributed by atoms with Crippen molar-refractivity contribution in [2.45, 2.75) is 0 Å². The van der Waals surface area contributed by atoms with Gasteiger partial charge in [0.1, 0.15) is 0 Å². The summed E-state index contributed by atoms with van der Waals surface area (Å²) in [6, 6.07) is 0. The molecular formula is C8H13N5OS. The van der Waals surface area contributed by atoms with Gasteiger partial charge in [0.05, 0.1) is 11.7 Å². The molecule has 1 fully saturated rings. The van der Waals surface area contributed by atoms with Crippen molar-refractivity contribution in [3.8, 4) is 0 Å². The predicted molar refractivity (Wildman–Crippen MR) is 58.4 cm³/mol. The maximum Gasteiger partial charge on any atom is 0.274 e. The van der Waals surface area contributed by atoms with E-state index in [4.69, 9.17) is 0 Å². The van der Waals surface area contributed by atoms with Crippen LogP contribution in [0.15, 0.2) is 0 Å². The SMILES string of the molecule is CNC(=O)c1nsnc1N1CCNCC1. The van der Waals surface area contributed by atoms with Crippen LogP contribution < -0.4 is 15.5 Å². The van der Waals surface area contributed by atoms with E-state index < -0.39 is 0 Å². The minimum absolute atomic E-state index is 0.169. The van der Waals surface area contributed by atoms with Crippen molar-refractivity contribution >= 4 is 23.5 Å². The topological polar surface area (TPSA) is 70.2 Å². The molecule has 0 saturated carbocycles. The van der Waals surface area contributed by atoms with Crippen LogP contribution in [-0.4, -0.2) is 47.9 Å². The lowest BCUT2D eigenvalue weighted by atomic mass is 10.3. The Morgan fingerprint density at radius 1 is 1.47 bits per heavy atom. The molecular weight excluding hydrogens is 214 g/mol. The monoisotopic (exact) mass is 227 g/mol. The van der Waals surface area contributed by atoms with Crippen LogP contribution in [0.2, 0.25) is 0 Å². The quantitative estimate of drug-likeness (QED) is 0.699. The zero-order chi connectivity index (χ0) is 10.7. The number of hydrogen-bond donors (Lipinski definition) is 2. The van der Waals surface area contributed by atoms with Crippen molar-refractivity contribution in [2.75, 3.05) is 38.1 Å². The molecule has 0 aliphatic carbocycles. The Labute approximate surface area is 92.0 Å². The molecule has 0 atom stereocenters. The second-order valence-electron chi connectivity index (χ2n) is 3.25. The van der Waals surface area contributed by atoms with Crippen LogP contribution in [-0.2, 0) is 0 Å². The number of nitrogens with one attached hydrogen (secondary N) is 2. The van der Waals surface area contributed by atoms with E-state index in [9.17, 15) is 4.79 Å². The van der Waals surface area contributed by atoms with Gasteiger partial charge in [-0.25, -0.2) is 0 Å². The second kappa shape index (κ2) is 4.54. The second-order valence-corrected chi connectivity index (χ2v) is 3.78. The third-order valence-corrected chi connectivity index (χ3v) is 2.85. The van der Waals surface area contributed by atoms with E-state index >= 15 is 0 Å². The smallest absolute Gasteiger partial charge is 0.274 e. The largest absolute Gasteiger partial charge is 0.354 e. The summed E-state index contributed by atoms with van der Waals surface area (Å²) in [7, 11) is 1.60. The minimum Gasteiger partial charge on any atom is -0.354 e. The number of amides is 1. The Bertz CT molecular complexity index is 347. The van der Waals surface area contributed by atoms with Crippen LogP contribution in [0.5, 0.6) is 0 Å². The van der Waals surface area contributed by atoms with Gasteiger partial charge in [0.15, 0.2) is 11.5 Å². The summed E-state index contributed by atoms with van der Waals surface area (Å²) in [6.45, 7) is 3.58. The molecule has 2 heterocycles. The first kappa shape index (κ1) is 10.3. The summed E-state index contributed by atoms with van der Waals surface area (Å²) < 4.78 is 8.20. The molecule has 2 N–H and O–H groups in total. The first-order valence-corrected chi connectivity index (χ1v) is 5.56. The van der Waals surface area contributed by atoms with Gasteiger partial charge in [-0.1, -0.05) is 0 Å². The van der Waals surface area contributed by atoms with E-state index in [1.165, 1.54) is 0 Å². The van der Waals surface area contributed by atoms with Gasteiger partial charge < -0.3 is 15.5 Å². The Balaban J connectivity index is 2.19. The lowest BCUT2D eigenvalue weighted by Crippen LogP contribution is -2.44. The summed E-state index contributed by atoms with van der Waals surface area (Å²) in [5.41, 5.74) is 0.435. The van der Waals surface area contributed by atoms with Crippen LogP contribution >= 0.6 is 11.7 Å². The maximum atomic E-state index is 11.5. The highest BCUT2D eigenvalue weighted by molar-refractivity contribution is 6.99. The van der Waals surface area contributed by atoms with Crippen molar-refractivity contribution in [1.29, 1.82) is 0 Å². The normalized spacial score (nSPS) is 16.5. The van der Waals surface area contributed by atoms with Crippen LogP contribution in [0.3, 0.4) is 0 Å². The van der Waals surface area contributed by atoms with Crippen LogP contribution in [0.1, 0.15) is 10.5 Å². The third kappa shape index (κ3) is 2.07. The average Bonchev–Trinajstić information content (AvgIpc) is 2.78. The maximum absolute atomic E-state index is 11.5. The fourth-order valence-corrected chi connectivity index (χ4v) is 2.10. The fraction of sp³-hybridized carbons (Fsp3) is 0.625. The van der Waals surface area contributed by atoms with Crippen LogP contribution in [0.4, 0.5) is 5.82 Å². The van der Waals surface area contributed by atoms with Crippen molar-refractivity contribution in [2.24, 2.45) is 0 Å². The highest BCUT2D eigenvalue weighted by Crippen LogP contribution is 2.17. The summed E-state index contributed by atoms with van der Waals surface area (Å²) in [5, 5.41) is 5.82. The molecule has 1 saturated heterocycles. The van der Waals surface area contributed by atoms with Crippen molar-refractivity contribution in [1.82, 2.24) is 19.4 Å². The number of rotatable bonds is 2. The molecule has 15 heavy (non-hydrogen) atoms. The van der Waals surface area contributed by atoms with E-state index in [-0.39, 0.29) is 5.91 Å². The van der Waals surface area contributed by atoms with Gasteiger partial charge in [0.25, 0.3) is 5.91 Å². The number of anilines is 1. The lowest BCUT2D eigenvalue weighted by molar-refractivity contribution is 0.0959. The number of carbonyl (C=O) groups is 1. The van der Waals surface area contributed by atoms with Gasteiger partial charge in [0, 0.05) is 33.2 Å². The highest BCUT2D eigenvalue weighted by atomic mass is 32.1. The molecule has 0 spiro atoms. The molecule has 1 aliphatic heterocycles. The van der Waals surface area contributed by atoms with Gasteiger partial charge in [-0.15, -0.1) is 0 Å². The molecule has 82 valence electrons. The lowest BCUT2D eigenvalue weighted by Gasteiger charge is -2.27. The molecule has 1 aromatic heterocycles. The van der Waals surface area contributed by atoms with E-state index in [1.54, 1.807) is 7.05 Å². The van der Waals surface area contributed by atoms with E-state index in [0.29, 0.717) is 11.5 Å².